The van der Waals surface area contributed by atoms with E-state index in [-0.39, 0.29) is 5.54 Å². The molecule has 1 aliphatic rings. The first-order chi connectivity index (χ1) is 8.75. The maximum Gasteiger partial charge on any atom is 0.141 e. The number of thiophene rings is 1. The molecule has 1 fully saturated rings. The van der Waals surface area contributed by atoms with Crippen molar-refractivity contribution in [2.24, 2.45) is 5.41 Å². The summed E-state index contributed by atoms with van der Waals surface area (Å²) in [5, 5.41) is 1.24. The average Bonchev–Trinajstić information content (AvgIpc) is 2.62. The SMILES string of the molecule is Cc1sc2ncnc(N3CC(C)(C)C3(C)C)c2c1C. The van der Waals surface area contributed by atoms with Crippen LogP contribution in [-0.2, 0) is 0 Å². The van der Waals surface area contributed by atoms with Crippen LogP contribution in [0.15, 0.2) is 6.33 Å². The van der Waals surface area contributed by atoms with Gasteiger partial charge in [-0.3, -0.25) is 0 Å². The topological polar surface area (TPSA) is 29.0 Å². The lowest BCUT2D eigenvalue weighted by atomic mass is 9.65. The molecule has 0 atom stereocenters. The molecule has 19 heavy (non-hydrogen) atoms. The molecular formula is C15H21N3S. The number of aryl methyl sites for hydroxylation is 2. The summed E-state index contributed by atoms with van der Waals surface area (Å²) in [6.07, 6.45) is 1.70. The first kappa shape index (κ1) is 12.9. The first-order valence-electron chi connectivity index (χ1n) is 6.74. The number of fused-ring (bicyclic) bond motifs is 1. The highest BCUT2D eigenvalue weighted by Crippen LogP contribution is 2.50. The summed E-state index contributed by atoms with van der Waals surface area (Å²) in [5.74, 6) is 1.11. The van der Waals surface area contributed by atoms with Gasteiger partial charge < -0.3 is 4.90 Å². The van der Waals surface area contributed by atoms with E-state index in [1.54, 1.807) is 17.7 Å². The lowest BCUT2D eigenvalue weighted by Crippen LogP contribution is -2.69. The second-order valence-electron chi connectivity index (χ2n) is 6.69. The van der Waals surface area contributed by atoms with Crippen LogP contribution in [0.1, 0.15) is 38.1 Å². The zero-order chi connectivity index (χ0) is 14.0. The molecule has 3 nitrogen and oxygen atoms in total. The smallest absolute Gasteiger partial charge is 0.141 e. The molecule has 1 aliphatic heterocycles. The van der Waals surface area contributed by atoms with Crippen LogP contribution in [0.2, 0.25) is 0 Å². The van der Waals surface area contributed by atoms with Crippen molar-refractivity contribution in [2.75, 3.05) is 11.4 Å². The van der Waals surface area contributed by atoms with E-state index in [9.17, 15) is 0 Å². The van der Waals surface area contributed by atoms with Crippen molar-refractivity contribution < 1.29 is 0 Å². The number of nitrogens with zero attached hydrogens (tertiary/aromatic N) is 3. The van der Waals surface area contributed by atoms with Gasteiger partial charge in [0.25, 0.3) is 0 Å². The summed E-state index contributed by atoms with van der Waals surface area (Å²) in [7, 11) is 0. The largest absolute Gasteiger partial charge is 0.350 e. The Kier molecular flexibility index (Phi) is 2.50. The molecule has 0 aromatic carbocycles. The van der Waals surface area contributed by atoms with Crippen LogP contribution in [0.4, 0.5) is 5.82 Å². The Morgan fingerprint density at radius 2 is 1.84 bits per heavy atom. The highest BCUT2D eigenvalue weighted by atomic mass is 32.1. The number of rotatable bonds is 1. The standard InChI is InChI=1S/C15H21N3S/c1-9-10(2)19-13-11(9)12(16-8-17-13)18-7-14(3,4)15(18,5)6/h8H,7H2,1-6H3. The van der Waals surface area contributed by atoms with E-state index in [0.717, 1.165) is 17.2 Å². The molecule has 0 N–H and O–H groups in total. The minimum absolute atomic E-state index is 0.135. The molecule has 3 rings (SSSR count). The fraction of sp³-hybridized carbons (Fsp3) is 0.600. The van der Waals surface area contributed by atoms with Gasteiger partial charge in [-0.05, 0) is 33.3 Å². The molecule has 2 aromatic rings. The molecule has 0 saturated carbocycles. The summed E-state index contributed by atoms with van der Waals surface area (Å²) in [6.45, 7) is 14.7. The fourth-order valence-electron chi connectivity index (χ4n) is 2.77. The Hall–Kier alpha value is -1.16. The monoisotopic (exact) mass is 275 g/mol. The van der Waals surface area contributed by atoms with Crippen LogP contribution in [0.3, 0.4) is 0 Å². The predicted molar refractivity (Wildman–Crippen MR) is 82.1 cm³/mol. The van der Waals surface area contributed by atoms with Crippen molar-refractivity contribution in [1.29, 1.82) is 0 Å². The van der Waals surface area contributed by atoms with Gasteiger partial charge in [0.05, 0.1) is 5.39 Å². The van der Waals surface area contributed by atoms with E-state index in [1.807, 2.05) is 0 Å². The number of hydrogen-bond acceptors (Lipinski definition) is 4. The van der Waals surface area contributed by atoms with E-state index < -0.39 is 0 Å². The summed E-state index contributed by atoms with van der Waals surface area (Å²) in [4.78, 5) is 13.9. The maximum absolute atomic E-state index is 4.59. The van der Waals surface area contributed by atoms with Gasteiger partial charge in [0.1, 0.15) is 17.0 Å². The van der Waals surface area contributed by atoms with E-state index >= 15 is 0 Å². The highest BCUT2D eigenvalue weighted by molar-refractivity contribution is 7.18. The van der Waals surface area contributed by atoms with E-state index in [1.165, 1.54) is 15.8 Å². The highest BCUT2D eigenvalue weighted by Gasteiger charge is 2.53. The van der Waals surface area contributed by atoms with Crippen LogP contribution in [0, 0.1) is 19.3 Å². The summed E-state index contributed by atoms with van der Waals surface area (Å²) >= 11 is 1.77. The fourth-order valence-corrected chi connectivity index (χ4v) is 3.76. The first-order valence-corrected chi connectivity index (χ1v) is 7.56. The van der Waals surface area contributed by atoms with Crippen LogP contribution >= 0.6 is 11.3 Å². The Balaban J connectivity index is 2.18. The van der Waals surface area contributed by atoms with Crippen molar-refractivity contribution in [1.82, 2.24) is 9.97 Å². The molecule has 3 heterocycles. The Morgan fingerprint density at radius 3 is 2.42 bits per heavy atom. The quantitative estimate of drug-likeness (QED) is 0.789. The van der Waals surface area contributed by atoms with Crippen molar-refractivity contribution >= 4 is 27.4 Å². The maximum atomic E-state index is 4.59. The lowest BCUT2D eigenvalue weighted by Gasteiger charge is -2.62. The number of anilines is 1. The van der Waals surface area contributed by atoms with Gasteiger partial charge in [-0.25, -0.2) is 9.97 Å². The molecular weight excluding hydrogens is 254 g/mol. The van der Waals surface area contributed by atoms with Crippen molar-refractivity contribution in [3.8, 4) is 0 Å². The molecule has 0 unspecified atom stereocenters. The van der Waals surface area contributed by atoms with Gasteiger partial charge in [-0.2, -0.15) is 0 Å². The van der Waals surface area contributed by atoms with Gasteiger partial charge in [0.15, 0.2) is 0 Å². The summed E-state index contributed by atoms with van der Waals surface area (Å²) in [5.41, 5.74) is 1.79. The van der Waals surface area contributed by atoms with Crippen LogP contribution in [-0.4, -0.2) is 22.1 Å². The van der Waals surface area contributed by atoms with Gasteiger partial charge in [0.2, 0.25) is 0 Å². The molecule has 1 saturated heterocycles. The van der Waals surface area contributed by atoms with Crippen molar-refractivity contribution in [2.45, 2.75) is 47.1 Å². The normalized spacial score (nSPS) is 20.6. The zero-order valence-corrected chi connectivity index (χ0v) is 13.4. The zero-order valence-electron chi connectivity index (χ0n) is 12.5. The van der Waals surface area contributed by atoms with Gasteiger partial charge in [0, 0.05) is 22.4 Å². The van der Waals surface area contributed by atoms with Crippen LogP contribution < -0.4 is 4.90 Å². The third kappa shape index (κ3) is 1.55. The third-order valence-corrected chi connectivity index (χ3v) is 6.20. The molecule has 2 aromatic heterocycles. The van der Waals surface area contributed by atoms with Gasteiger partial charge in [-0.1, -0.05) is 13.8 Å². The van der Waals surface area contributed by atoms with E-state index in [2.05, 4.69) is 56.4 Å². The Bertz CT molecular complexity index is 655. The molecule has 0 radical (unpaired) electrons. The van der Waals surface area contributed by atoms with E-state index in [0.29, 0.717) is 5.41 Å². The molecule has 4 heteroatoms. The number of hydrogen-bond donors (Lipinski definition) is 0. The average molecular weight is 275 g/mol. The lowest BCUT2D eigenvalue weighted by molar-refractivity contribution is 0.0971. The van der Waals surface area contributed by atoms with Crippen molar-refractivity contribution in [3.05, 3.63) is 16.8 Å². The number of aromatic nitrogens is 2. The van der Waals surface area contributed by atoms with Crippen LogP contribution in [0.5, 0.6) is 0 Å². The molecule has 0 aliphatic carbocycles. The second kappa shape index (κ2) is 3.69. The van der Waals surface area contributed by atoms with Crippen molar-refractivity contribution in [3.63, 3.8) is 0 Å². The minimum atomic E-state index is 0.135. The van der Waals surface area contributed by atoms with Gasteiger partial charge >= 0.3 is 0 Å². The molecule has 102 valence electrons. The molecule has 0 spiro atoms. The predicted octanol–water partition coefficient (Wildman–Crippen LogP) is 3.93. The Labute approximate surface area is 118 Å². The second-order valence-corrected chi connectivity index (χ2v) is 7.89. The third-order valence-electron chi connectivity index (χ3n) is 5.09. The Morgan fingerprint density at radius 1 is 1.16 bits per heavy atom. The summed E-state index contributed by atoms with van der Waals surface area (Å²) in [6, 6.07) is 0. The molecule has 0 amide bonds. The summed E-state index contributed by atoms with van der Waals surface area (Å²) < 4.78 is 0. The van der Waals surface area contributed by atoms with Crippen LogP contribution in [0.25, 0.3) is 10.2 Å². The van der Waals surface area contributed by atoms with Gasteiger partial charge in [-0.15, -0.1) is 11.3 Å². The van der Waals surface area contributed by atoms with E-state index in [4.69, 9.17) is 0 Å². The minimum Gasteiger partial charge on any atom is -0.350 e. The molecule has 0 bridgehead atoms.